The average Bonchev–Trinajstić information content (AvgIpc) is 2.82. The maximum Gasteiger partial charge on any atom is 0.164 e. The van der Waals surface area contributed by atoms with Gasteiger partial charge in [0.15, 0.2) is 5.83 Å². The molecule has 0 saturated heterocycles. The maximum absolute atomic E-state index is 14.3. The molecule has 2 aromatic rings. The van der Waals surface area contributed by atoms with Gasteiger partial charge in [-0.2, -0.15) is 0 Å². The average molecular weight is 439 g/mol. The van der Waals surface area contributed by atoms with Crippen LogP contribution < -0.4 is 0 Å². The van der Waals surface area contributed by atoms with Crippen LogP contribution in [0.2, 0.25) is 0 Å². The van der Waals surface area contributed by atoms with E-state index in [4.69, 9.17) is 0 Å². The van der Waals surface area contributed by atoms with Crippen molar-refractivity contribution in [2.75, 3.05) is 0 Å². The van der Waals surface area contributed by atoms with Gasteiger partial charge in [-0.05, 0) is 79.8 Å². The first-order chi connectivity index (χ1) is 15.5. The summed E-state index contributed by atoms with van der Waals surface area (Å²) in [5, 5.41) is 0. The molecule has 2 aromatic carbocycles. The fraction of sp³-hybridized carbons (Fsp3) is 0.448. The molecule has 32 heavy (non-hydrogen) atoms. The van der Waals surface area contributed by atoms with Crippen molar-refractivity contribution in [2.24, 2.45) is 5.92 Å². The normalized spacial score (nSPS) is 19.2. The second kappa shape index (κ2) is 12.0. The zero-order valence-corrected chi connectivity index (χ0v) is 19.2. The lowest BCUT2D eigenvalue weighted by atomic mass is 9.77. The number of hydrogen-bond acceptors (Lipinski definition) is 0. The molecule has 1 saturated carbocycles. The highest BCUT2D eigenvalue weighted by Gasteiger charge is 2.21. The van der Waals surface area contributed by atoms with Crippen molar-refractivity contribution in [3.8, 4) is 11.8 Å². The van der Waals surface area contributed by atoms with E-state index in [1.165, 1.54) is 56.2 Å². The lowest BCUT2D eigenvalue weighted by molar-refractivity contribution is 0.308. The van der Waals surface area contributed by atoms with Crippen LogP contribution in [0.1, 0.15) is 99.8 Å². The summed E-state index contributed by atoms with van der Waals surface area (Å²) >= 11 is 0. The molecule has 0 aliphatic heterocycles. The van der Waals surface area contributed by atoms with E-state index in [0.29, 0.717) is 17.9 Å². The van der Waals surface area contributed by atoms with Gasteiger partial charge in [-0.1, -0.05) is 57.1 Å². The van der Waals surface area contributed by atoms with Gasteiger partial charge in [-0.15, -0.1) is 0 Å². The Bertz CT molecular complexity index is 968. The minimum atomic E-state index is -1.12. The molecule has 1 aliphatic rings. The Balaban J connectivity index is 1.65. The SMILES string of the molecule is CCCC/C(F)=C(/F)c1ccc(C#Cc2ccc(C3CCC(CCC)CC3)cc2)cc1F. The molecule has 3 heteroatoms. The van der Waals surface area contributed by atoms with E-state index in [-0.39, 0.29) is 12.0 Å². The van der Waals surface area contributed by atoms with Crippen LogP contribution in [0.3, 0.4) is 0 Å². The lowest BCUT2D eigenvalue weighted by Gasteiger charge is -2.28. The Morgan fingerprint density at radius 2 is 1.53 bits per heavy atom. The first kappa shape index (κ1) is 24.2. The van der Waals surface area contributed by atoms with Gasteiger partial charge in [0.25, 0.3) is 0 Å². The molecule has 0 spiro atoms. The van der Waals surface area contributed by atoms with Crippen LogP contribution in [0.5, 0.6) is 0 Å². The van der Waals surface area contributed by atoms with Gasteiger partial charge in [0, 0.05) is 23.1 Å². The van der Waals surface area contributed by atoms with E-state index in [0.717, 1.165) is 24.0 Å². The molecule has 1 fully saturated rings. The minimum absolute atomic E-state index is 0.0144. The summed E-state index contributed by atoms with van der Waals surface area (Å²) in [6.45, 7) is 4.16. The molecule has 0 bridgehead atoms. The molecule has 0 aromatic heterocycles. The summed E-state index contributed by atoms with van der Waals surface area (Å²) in [7, 11) is 0. The first-order valence-electron chi connectivity index (χ1n) is 12.0. The molecule has 0 heterocycles. The predicted molar refractivity (Wildman–Crippen MR) is 127 cm³/mol. The summed E-state index contributed by atoms with van der Waals surface area (Å²) in [6, 6.07) is 12.3. The fourth-order valence-corrected chi connectivity index (χ4v) is 4.53. The fourth-order valence-electron chi connectivity index (χ4n) is 4.53. The number of halogens is 3. The highest BCUT2D eigenvalue weighted by atomic mass is 19.2. The number of benzene rings is 2. The highest BCUT2D eigenvalue weighted by molar-refractivity contribution is 5.62. The highest BCUT2D eigenvalue weighted by Crippen LogP contribution is 2.37. The van der Waals surface area contributed by atoms with Gasteiger partial charge in [0.05, 0.1) is 0 Å². The van der Waals surface area contributed by atoms with Gasteiger partial charge in [0.1, 0.15) is 11.6 Å². The third-order valence-electron chi connectivity index (χ3n) is 6.47. The Hall–Kier alpha value is -2.47. The third-order valence-corrected chi connectivity index (χ3v) is 6.47. The number of hydrogen-bond donors (Lipinski definition) is 0. The summed E-state index contributed by atoms with van der Waals surface area (Å²) in [4.78, 5) is 0. The van der Waals surface area contributed by atoms with Crippen LogP contribution in [0.25, 0.3) is 5.83 Å². The quantitative estimate of drug-likeness (QED) is 0.378. The monoisotopic (exact) mass is 438 g/mol. The Morgan fingerprint density at radius 1 is 0.875 bits per heavy atom. The molecule has 0 atom stereocenters. The van der Waals surface area contributed by atoms with Gasteiger partial charge >= 0.3 is 0 Å². The van der Waals surface area contributed by atoms with Crippen LogP contribution >= 0.6 is 0 Å². The topological polar surface area (TPSA) is 0 Å². The van der Waals surface area contributed by atoms with Crippen molar-refractivity contribution in [3.63, 3.8) is 0 Å². The van der Waals surface area contributed by atoms with Crippen molar-refractivity contribution >= 4 is 5.83 Å². The molecular weight excluding hydrogens is 405 g/mol. The molecule has 0 unspecified atom stereocenters. The minimum Gasteiger partial charge on any atom is -0.209 e. The first-order valence-corrected chi connectivity index (χ1v) is 12.0. The van der Waals surface area contributed by atoms with Crippen molar-refractivity contribution in [2.45, 2.75) is 77.6 Å². The second-order valence-electron chi connectivity index (χ2n) is 8.90. The van der Waals surface area contributed by atoms with Crippen LogP contribution in [-0.2, 0) is 0 Å². The second-order valence-corrected chi connectivity index (χ2v) is 8.90. The Labute approximate surface area is 190 Å². The number of unbranched alkanes of at least 4 members (excludes halogenated alkanes) is 1. The lowest BCUT2D eigenvalue weighted by Crippen LogP contribution is -2.13. The standard InChI is InChI=1S/C29H33F3/c1-3-5-7-27(30)29(32)26-19-14-23(20-28(26)31)9-8-22-12-17-25(18-13-22)24-15-10-21(6-4-2)11-16-24/h12-14,17-21,24H,3-7,10-11,15-16H2,1-2H3/b29-27-. The van der Waals surface area contributed by atoms with Gasteiger partial charge in [-0.25, -0.2) is 13.2 Å². The van der Waals surface area contributed by atoms with E-state index in [9.17, 15) is 13.2 Å². The van der Waals surface area contributed by atoms with Crippen molar-refractivity contribution in [1.82, 2.24) is 0 Å². The molecule has 0 amide bonds. The Kier molecular flexibility index (Phi) is 9.03. The largest absolute Gasteiger partial charge is 0.209 e. The van der Waals surface area contributed by atoms with E-state index in [1.807, 2.05) is 19.1 Å². The molecule has 0 radical (unpaired) electrons. The van der Waals surface area contributed by atoms with E-state index < -0.39 is 17.5 Å². The van der Waals surface area contributed by atoms with Gasteiger partial charge in [-0.3, -0.25) is 0 Å². The van der Waals surface area contributed by atoms with Crippen LogP contribution in [-0.4, -0.2) is 0 Å². The molecule has 0 N–H and O–H groups in total. The van der Waals surface area contributed by atoms with Crippen molar-refractivity contribution < 1.29 is 13.2 Å². The molecule has 0 nitrogen and oxygen atoms in total. The number of rotatable bonds is 7. The van der Waals surface area contributed by atoms with Crippen LogP contribution in [0.15, 0.2) is 48.3 Å². The van der Waals surface area contributed by atoms with Gasteiger partial charge < -0.3 is 0 Å². The zero-order valence-electron chi connectivity index (χ0n) is 19.2. The Morgan fingerprint density at radius 3 is 2.16 bits per heavy atom. The predicted octanol–water partition coefficient (Wildman–Crippen LogP) is 9.10. The molecule has 1 aliphatic carbocycles. The van der Waals surface area contributed by atoms with Crippen LogP contribution in [0.4, 0.5) is 13.2 Å². The van der Waals surface area contributed by atoms with Crippen molar-refractivity contribution in [3.05, 3.63) is 76.4 Å². The summed E-state index contributed by atoms with van der Waals surface area (Å²) < 4.78 is 42.4. The maximum atomic E-state index is 14.3. The van der Waals surface area contributed by atoms with Crippen molar-refractivity contribution in [1.29, 1.82) is 0 Å². The molecular formula is C29H33F3. The summed E-state index contributed by atoms with van der Waals surface area (Å²) in [5.41, 5.74) is 2.32. The molecule has 3 rings (SSSR count). The number of allylic oxidation sites excluding steroid dienone is 1. The van der Waals surface area contributed by atoms with E-state index in [1.54, 1.807) is 0 Å². The van der Waals surface area contributed by atoms with Gasteiger partial charge in [0.2, 0.25) is 0 Å². The van der Waals surface area contributed by atoms with Crippen LogP contribution in [0, 0.1) is 23.6 Å². The van der Waals surface area contributed by atoms with E-state index in [2.05, 4.69) is 30.9 Å². The van der Waals surface area contributed by atoms with E-state index >= 15 is 0 Å². The molecule has 170 valence electrons. The zero-order chi connectivity index (χ0) is 22.9. The smallest absolute Gasteiger partial charge is 0.164 e. The summed E-state index contributed by atoms with van der Waals surface area (Å²) in [5.74, 6) is 4.69. The summed E-state index contributed by atoms with van der Waals surface area (Å²) in [6.07, 6.45) is 9.04. The third kappa shape index (κ3) is 6.52.